The zero-order valence-corrected chi connectivity index (χ0v) is 12.9. The monoisotopic (exact) mass is 285 g/mol. The van der Waals surface area contributed by atoms with Gasteiger partial charge in [-0.2, -0.15) is 0 Å². The molecule has 0 aliphatic carbocycles. The fourth-order valence-corrected chi connectivity index (χ4v) is 2.30. The first-order valence-corrected chi connectivity index (χ1v) is 7.47. The first kappa shape index (κ1) is 15.3. The average Bonchev–Trinajstić information content (AvgIpc) is 2.50. The lowest BCUT2D eigenvalue weighted by Gasteiger charge is -2.10. The van der Waals surface area contributed by atoms with Crippen molar-refractivity contribution in [2.75, 3.05) is 18.9 Å². The Bertz CT molecular complexity index is 622. The Morgan fingerprint density at radius 3 is 2.76 bits per heavy atom. The number of amides is 1. The number of aromatic nitrogens is 1. The standard InChI is InChI=1S/C17H23N3O/c1-12(2)7-6-10-19-17(21)14-11-16(18-3)20-15-9-5-4-8-13(14)15/h4-5,8-9,11-12H,6-7,10H2,1-3H3,(H,18,20)(H,19,21). The minimum Gasteiger partial charge on any atom is -0.373 e. The number of carbonyl (C=O) groups excluding carboxylic acids is 1. The Morgan fingerprint density at radius 2 is 2.05 bits per heavy atom. The molecule has 112 valence electrons. The predicted octanol–water partition coefficient (Wildman–Crippen LogP) is 3.44. The molecule has 4 nitrogen and oxygen atoms in total. The highest BCUT2D eigenvalue weighted by Crippen LogP contribution is 2.20. The predicted molar refractivity (Wildman–Crippen MR) is 87.7 cm³/mol. The second kappa shape index (κ2) is 7.07. The summed E-state index contributed by atoms with van der Waals surface area (Å²) in [5, 5.41) is 6.90. The molecule has 0 fully saturated rings. The van der Waals surface area contributed by atoms with E-state index in [9.17, 15) is 4.79 Å². The Balaban J connectivity index is 2.17. The van der Waals surface area contributed by atoms with Gasteiger partial charge in [0.2, 0.25) is 0 Å². The number of nitrogens with zero attached hydrogens (tertiary/aromatic N) is 1. The molecule has 0 radical (unpaired) electrons. The first-order chi connectivity index (χ1) is 10.1. The van der Waals surface area contributed by atoms with Crippen LogP contribution in [0.5, 0.6) is 0 Å². The fourth-order valence-electron chi connectivity index (χ4n) is 2.30. The molecular weight excluding hydrogens is 262 g/mol. The molecule has 1 aromatic carbocycles. The zero-order valence-electron chi connectivity index (χ0n) is 12.9. The molecule has 0 unspecified atom stereocenters. The van der Waals surface area contributed by atoms with Crippen molar-refractivity contribution in [3.63, 3.8) is 0 Å². The van der Waals surface area contributed by atoms with Gasteiger partial charge in [0.05, 0.1) is 11.1 Å². The molecule has 2 N–H and O–H groups in total. The van der Waals surface area contributed by atoms with Crippen molar-refractivity contribution in [3.05, 3.63) is 35.9 Å². The number of rotatable bonds is 6. The van der Waals surface area contributed by atoms with E-state index in [1.165, 1.54) is 0 Å². The molecule has 0 saturated heterocycles. The second-order valence-corrected chi connectivity index (χ2v) is 5.61. The van der Waals surface area contributed by atoms with Crippen LogP contribution in [0.25, 0.3) is 10.9 Å². The Kier molecular flexibility index (Phi) is 5.14. The van der Waals surface area contributed by atoms with Crippen molar-refractivity contribution in [2.45, 2.75) is 26.7 Å². The van der Waals surface area contributed by atoms with Gasteiger partial charge in [0.1, 0.15) is 5.82 Å². The summed E-state index contributed by atoms with van der Waals surface area (Å²) < 4.78 is 0. The Labute approximate surface area is 126 Å². The molecule has 0 bridgehead atoms. The summed E-state index contributed by atoms with van der Waals surface area (Å²) in [6.07, 6.45) is 2.13. The van der Waals surface area contributed by atoms with Crippen LogP contribution in [0.4, 0.5) is 5.82 Å². The molecule has 0 atom stereocenters. The minimum absolute atomic E-state index is 0.0335. The molecule has 0 aliphatic heterocycles. The molecular formula is C17H23N3O. The molecule has 2 aromatic rings. The van der Waals surface area contributed by atoms with Gasteiger partial charge >= 0.3 is 0 Å². The highest BCUT2D eigenvalue weighted by Gasteiger charge is 2.12. The van der Waals surface area contributed by atoms with Gasteiger partial charge in [-0.15, -0.1) is 0 Å². The molecule has 4 heteroatoms. The molecule has 21 heavy (non-hydrogen) atoms. The van der Waals surface area contributed by atoms with Crippen LogP contribution in [-0.4, -0.2) is 24.5 Å². The number of hydrogen-bond acceptors (Lipinski definition) is 3. The van der Waals surface area contributed by atoms with E-state index in [2.05, 4.69) is 29.5 Å². The summed E-state index contributed by atoms with van der Waals surface area (Å²) in [5.74, 6) is 1.34. The lowest BCUT2D eigenvalue weighted by atomic mass is 10.1. The van der Waals surface area contributed by atoms with Crippen LogP contribution in [0, 0.1) is 5.92 Å². The molecule has 0 saturated carbocycles. The van der Waals surface area contributed by atoms with E-state index in [0.29, 0.717) is 23.8 Å². The van der Waals surface area contributed by atoms with Crippen molar-refractivity contribution in [2.24, 2.45) is 5.92 Å². The van der Waals surface area contributed by atoms with E-state index < -0.39 is 0 Å². The van der Waals surface area contributed by atoms with Crippen LogP contribution in [0.15, 0.2) is 30.3 Å². The fraction of sp³-hybridized carbons (Fsp3) is 0.412. The molecule has 0 aliphatic rings. The second-order valence-electron chi connectivity index (χ2n) is 5.61. The summed E-state index contributed by atoms with van der Waals surface area (Å²) in [5.41, 5.74) is 1.51. The van der Waals surface area contributed by atoms with Gasteiger partial charge in [-0.05, 0) is 30.9 Å². The zero-order chi connectivity index (χ0) is 15.2. The number of carbonyl (C=O) groups is 1. The minimum atomic E-state index is -0.0335. The van der Waals surface area contributed by atoms with Crippen LogP contribution in [0.3, 0.4) is 0 Å². The molecule has 0 spiro atoms. The molecule has 1 amide bonds. The third kappa shape index (κ3) is 3.94. The summed E-state index contributed by atoms with van der Waals surface area (Å²) >= 11 is 0. The third-order valence-corrected chi connectivity index (χ3v) is 3.46. The van der Waals surface area contributed by atoms with Crippen molar-refractivity contribution in [3.8, 4) is 0 Å². The number of para-hydroxylation sites is 1. The summed E-state index contributed by atoms with van der Waals surface area (Å²) in [4.78, 5) is 16.9. The van der Waals surface area contributed by atoms with E-state index >= 15 is 0 Å². The smallest absolute Gasteiger partial charge is 0.252 e. The maximum absolute atomic E-state index is 12.4. The summed E-state index contributed by atoms with van der Waals surface area (Å²) in [6, 6.07) is 9.52. The van der Waals surface area contributed by atoms with Gasteiger partial charge < -0.3 is 10.6 Å². The van der Waals surface area contributed by atoms with Gasteiger partial charge in [0.15, 0.2) is 0 Å². The van der Waals surface area contributed by atoms with E-state index in [0.717, 1.165) is 23.7 Å². The lowest BCUT2D eigenvalue weighted by Crippen LogP contribution is -2.25. The number of pyridine rings is 1. The maximum atomic E-state index is 12.4. The maximum Gasteiger partial charge on any atom is 0.252 e. The van der Waals surface area contributed by atoms with Crippen molar-refractivity contribution < 1.29 is 4.79 Å². The topological polar surface area (TPSA) is 54.0 Å². The van der Waals surface area contributed by atoms with Crippen LogP contribution in [0.2, 0.25) is 0 Å². The van der Waals surface area contributed by atoms with Gasteiger partial charge in [-0.25, -0.2) is 4.98 Å². The third-order valence-electron chi connectivity index (χ3n) is 3.46. The van der Waals surface area contributed by atoms with E-state index in [4.69, 9.17) is 0 Å². The van der Waals surface area contributed by atoms with Crippen LogP contribution < -0.4 is 10.6 Å². The van der Waals surface area contributed by atoms with Gasteiger partial charge in [-0.1, -0.05) is 32.0 Å². The first-order valence-electron chi connectivity index (χ1n) is 7.47. The van der Waals surface area contributed by atoms with E-state index in [1.54, 1.807) is 13.1 Å². The van der Waals surface area contributed by atoms with Crippen molar-refractivity contribution >= 4 is 22.6 Å². The van der Waals surface area contributed by atoms with Crippen LogP contribution >= 0.6 is 0 Å². The normalized spacial score (nSPS) is 10.9. The van der Waals surface area contributed by atoms with Gasteiger partial charge in [-0.3, -0.25) is 4.79 Å². The van der Waals surface area contributed by atoms with E-state index in [1.807, 2.05) is 24.3 Å². The molecule has 1 aromatic heterocycles. The number of nitrogens with one attached hydrogen (secondary N) is 2. The quantitative estimate of drug-likeness (QED) is 0.799. The molecule has 1 heterocycles. The number of hydrogen-bond donors (Lipinski definition) is 2. The van der Waals surface area contributed by atoms with Gasteiger partial charge in [0.25, 0.3) is 5.91 Å². The highest BCUT2D eigenvalue weighted by molar-refractivity contribution is 6.06. The summed E-state index contributed by atoms with van der Waals surface area (Å²) in [7, 11) is 1.81. The van der Waals surface area contributed by atoms with Crippen molar-refractivity contribution in [1.29, 1.82) is 0 Å². The number of anilines is 1. The van der Waals surface area contributed by atoms with E-state index in [-0.39, 0.29) is 5.91 Å². The number of fused-ring (bicyclic) bond motifs is 1. The average molecular weight is 285 g/mol. The Morgan fingerprint density at radius 1 is 1.29 bits per heavy atom. The Hall–Kier alpha value is -2.10. The highest BCUT2D eigenvalue weighted by atomic mass is 16.1. The summed E-state index contributed by atoms with van der Waals surface area (Å²) in [6.45, 7) is 5.09. The number of benzene rings is 1. The van der Waals surface area contributed by atoms with Gasteiger partial charge in [0, 0.05) is 19.0 Å². The molecule has 2 rings (SSSR count). The van der Waals surface area contributed by atoms with Crippen molar-refractivity contribution in [1.82, 2.24) is 10.3 Å². The SMILES string of the molecule is CNc1cc(C(=O)NCCCC(C)C)c2ccccc2n1. The van der Waals surface area contributed by atoms with Crippen LogP contribution in [-0.2, 0) is 0 Å². The largest absolute Gasteiger partial charge is 0.373 e. The van der Waals surface area contributed by atoms with Crippen LogP contribution in [0.1, 0.15) is 37.0 Å². The lowest BCUT2D eigenvalue weighted by molar-refractivity contribution is 0.0954.